The van der Waals surface area contributed by atoms with Crippen LogP contribution in [0, 0.1) is 13.8 Å². The Morgan fingerprint density at radius 2 is 1.81 bits per heavy atom. The number of fused-ring (bicyclic) bond motifs is 1. The second-order valence-electron chi connectivity index (χ2n) is 7.23. The molecule has 2 heterocycles. The average molecular weight is 451 g/mol. The number of nitrogens with zero attached hydrogens (tertiary/aromatic N) is 3. The second kappa shape index (κ2) is 8.43. The molecular formula is C23H22N4O4S. The summed E-state index contributed by atoms with van der Waals surface area (Å²) < 4.78 is 35.0. The third-order valence-corrected chi connectivity index (χ3v) is 6.36. The van der Waals surface area contributed by atoms with Gasteiger partial charge in [0.2, 0.25) is 0 Å². The molecule has 164 valence electrons. The SMILES string of the molecule is CCOC(=O)c1cnn(-c2cc(C)c3cccc(C)c3n2)c1NS(=O)(=O)c1ccccc1. The highest BCUT2D eigenvalue weighted by Gasteiger charge is 2.25. The lowest BCUT2D eigenvalue weighted by molar-refractivity contribution is 0.0527. The lowest BCUT2D eigenvalue weighted by atomic mass is 10.1. The lowest BCUT2D eigenvalue weighted by Crippen LogP contribution is -2.19. The number of ether oxygens (including phenoxy) is 1. The molecule has 2 aromatic heterocycles. The second-order valence-corrected chi connectivity index (χ2v) is 8.91. The molecule has 9 heteroatoms. The van der Waals surface area contributed by atoms with Crippen molar-refractivity contribution in [1.82, 2.24) is 14.8 Å². The van der Waals surface area contributed by atoms with Crippen LogP contribution < -0.4 is 4.72 Å². The molecule has 0 radical (unpaired) electrons. The summed E-state index contributed by atoms with van der Waals surface area (Å²) in [5.41, 5.74) is 2.68. The summed E-state index contributed by atoms with van der Waals surface area (Å²) in [4.78, 5) is 17.3. The van der Waals surface area contributed by atoms with E-state index in [2.05, 4.69) is 9.82 Å². The van der Waals surface area contributed by atoms with E-state index in [1.807, 2.05) is 32.0 Å². The number of aryl methyl sites for hydroxylation is 2. The molecule has 0 saturated carbocycles. The standard InChI is InChI=1S/C23H22N4O4S/c1-4-31-23(28)19-14-24-27(22(19)26-32(29,30)17-10-6-5-7-11-17)20-13-16(3)18-12-8-9-15(2)21(18)25-20/h5-14,26H,4H2,1-3H3. The van der Waals surface area contributed by atoms with Gasteiger partial charge in [-0.15, -0.1) is 0 Å². The van der Waals surface area contributed by atoms with Gasteiger partial charge >= 0.3 is 5.97 Å². The van der Waals surface area contributed by atoms with Gasteiger partial charge in [-0.05, 0) is 50.1 Å². The van der Waals surface area contributed by atoms with Crippen LogP contribution in [0.15, 0.2) is 65.7 Å². The monoisotopic (exact) mass is 450 g/mol. The molecule has 0 aliphatic heterocycles. The molecule has 8 nitrogen and oxygen atoms in total. The van der Waals surface area contributed by atoms with Gasteiger partial charge in [-0.2, -0.15) is 9.78 Å². The van der Waals surface area contributed by atoms with Crippen LogP contribution in [0.5, 0.6) is 0 Å². The summed E-state index contributed by atoms with van der Waals surface area (Å²) >= 11 is 0. The first kappa shape index (κ1) is 21.5. The normalized spacial score (nSPS) is 11.5. The van der Waals surface area contributed by atoms with E-state index in [4.69, 9.17) is 9.72 Å². The Morgan fingerprint density at radius 1 is 1.06 bits per heavy atom. The third-order valence-electron chi connectivity index (χ3n) is 5.00. The van der Waals surface area contributed by atoms with E-state index >= 15 is 0 Å². The van der Waals surface area contributed by atoms with Crippen molar-refractivity contribution in [1.29, 1.82) is 0 Å². The first-order valence-corrected chi connectivity index (χ1v) is 11.5. The minimum absolute atomic E-state index is 0.00399. The molecule has 1 N–H and O–H groups in total. The maximum Gasteiger partial charge on any atom is 0.343 e. The Labute approximate surface area is 185 Å². The molecule has 4 aromatic rings. The molecule has 0 saturated heterocycles. The van der Waals surface area contributed by atoms with Crippen molar-refractivity contribution in [2.45, 2.75) is 25.7 Å². The van der Waals surface area contributed by atoms with Crippen molar-refractivity contribution in [2.75, 3.05) is 11.3 Å². The maximum absolute atomic E-state index is 13.0. The van der Waals surface area contributed by atoms with Crippen LogP contribution in [-0.2, 0) is 14.8 Å². The minimum atomic E-state index is -3.99. The Balaban J connectivity index is 1.90. The van der Waals surface area contributed by atoms with Crippen molar-refractivity contribution >= 4 is 32.7 Å². The Kier molecular flexibility index (Phi) is 5.67. The number of carbonyl (C=O) groups is 1. The summed E-state index contributed by atoms with van der Waals surface area (Å²) in [5.74, 6) is -0.337. The molecule has 0 amide bonds. The highest BCUT2D eigenvalue weighted by Crippen LogP contribution is 2.27. The Hall–Kier alpha value is -3.72. The minimum Gasteiger partial charge on any atom is -0.462 e. The zero-order chi connectivity index (χ0) is 22.9. The summed E-state index contributed by atoms with van der Waals surface area (Å²) in [5, 5.41) is 5.26. The van der Waals surface area contributed by atoms with Gasteiger partial charge in [0.25, 0.3) is 10.0 Å². The largest absolute Gasteiger partial charge is 0.462 e. The number of hydrogen-bond acceptors (Lipinski definition) is 6. The smallest absolute Gasteiger partial charge is 0.343 e. The molecule has 0 unspecified atom stereocenters. The third kappa shape index (κ3) is 3.94. The maximum atomic E-state index is 13.0. The van der Waals surface area contributed by atoms with E-state index in [0.717, 1.165) is 22.0 Å². The number of esters is 1. The van der Waals surface area contributed by atoms with Gasteiger partial charge in [-0.1, -0.05) is 36.4 Å². The van der Waals surface area contributed by atoms with Crippen LogP contribution in [0.2, 0.25) is 0 Å². The quantitative estimate of drug-likeness (QED) is 0.445. The fourth-order valence-corrected chi connectivity index (χ4v) is 4.50. The number of pyridine rings is 1. The Bertz CT molecular complexity index is 1410. The highest BCUT2D eigenvalue weighted by atomic mass is 32.2. The molecule has 0 spiro atoms. The zero-order valence-corrected chi connectivity index (χ0v) is 18.7. The molecule has 32 heavy (non-hydrogen) atoms. The Morgan fingerprint density at radius 3 is 2.53 bits per heavy atom. The van der Waals surface area contributed by atoms with Gasteiger partial charge in [-0.3, -0.25) is 4.72 Å². The predicted molar refractivity (Wildman–Crippen MR) is 122 cm³/mol. The van der Waals surface area contributed by atoms with Gasteiger partial charge in [0.15, 0.2) is 11.6 Å². The number of nitrogens with one attached hydrogen (secondary N) is 1. The van der Waals surface area contributed by atoms with Crippen molar-refractivity contribution in [3.8, 4) is 5.82 Å². The zero-order valence-electron chi connectivity index (χ0n) is 17.9. The van der Waals surface area contributed by atoms with Crippen LogP contribution in [0.1, 0.15) is 28.4 Å². The molecular weight excluding hydrogens is 428 g/mol. The van der Waals surface area contributed by atoms with E-state index in [1.165, 1.54) is 23.0 Å². The van der Waals surface area contributed by atoms with Crippen molar-refractivity contribution in [3.05, 3.63) is 77.5 Å². The summed E-state index contributed by atoms with van der Waals surface area (Å²) in [7, 11) is -3.99. The van der Waals surface area contributed by atoms with Crippen molar-refractivity contribution in [3.63, 3.8) is 0 Å². The topological polar surface area (TPSA) is 103 Å². The number of aromatic nitrogens is 3. The number of rotatable bonds is 6. The summed E-state index contributed by atoms with van der Waals surface area (Å²) in [6.45, 7) is 5.70. The van der Waals surface area contributed by atoms with Gasteiger partial charge in [0.1, 0.15) is 5.56 Å². The van der Waals surface area contributed by atoms with E-state index in [1.54, 1.807) is 31.2 Å². The number of anilines is 1. The van der Waals surface area contributed by atoms with Crippen LogP contribution in [0.25, 0.3) is 16.7 Å². The lowest BCUT2D eigenvalue weighted by Gasteiger charge is -2.14. The van der Waals surface area contributed by atoms with E-state index < -0.39 is 16.0 Å². The van der Waals surface area contributed by atoms with Gasteiger partial charge < -0.3 is 4.74 Å². The first-order valence-electron chi connectivity index (χ1n) is 10.0. The number of hydrogen-bond donors (Lipinski definition) is 1. The van der Waals surface area contributed by atoms with Crippen LogP contribution >= 0.6 is 0 Å². The van der Waals surface area contributed by atoms with Crippen molar-refractivity contribution in [2.24, 2.45) is 0 Å². The predicted octanol–water partition coefficient (Wildman–Crippen LogP) is 4.01. The van der Waals surface area contributed by atoms with Gasteiger partial charge in [0.05, 0.1) is 23.2 Å². The fourth-order valence-electron chi connectivity index (χ4n) is 3.42. The van der Waals surface area contributed by atoms with Gasteiger partial charge in [0, 0.05) is 5.39 Å². The van der Waals surface area contributed by atoms with Crippen LogP contribution in [-0.4, -0.2) is 35.8 Å². The molecule has 2 aromatic carbocycles. The summed E-state index contributed by atoms with van der Waals surface area (Å²) in [6.07, 6.45) is 1.28. The molecule has 0 fully saturated rings. The fraction of sp³-hybridized carbons (Fsp3) is 0.174. The molecule has 0 bridgehead atoms. The molecule has 4 rings (SSSR count). The number of carbonyl (C=O) groups excluding carboxylic acids is 1. The van der Waals surface area contributed by atoms with E-state index in [9.17, 15) is 13.2 Å². The molecule has 0 atom stereocenters. The number of para-hydroxylation sites is 1. The first-order chi connectivity index (χ1) is 15.3. The number of sulfonamides is 1. The highest BCUT2D eigenvalue weighted by molar-refractivity contribution is 7.92. The van der Waals surface area contributed by atoms with Crippen molar-refractivity contribution < 1.29 is 17.9 Å². The van der Waals surface area contributed by atoms with Gasteiger partial charge in [-0.25, -0.2) is 18.2 Å². The molecule has 0 aliphatic rings. The van der Waals surface area contributed by atoms with E-state index in [-0.39, 0.29) is 22.9 Å². The summed E-state index contributed by atoms with van der Waals surface area (Å²) in [6, 6.07) is 15.6. The number of benzene rings is 2. The van der Waals surface area contributed by atoms with Crippen LogP contribution in [0.4, 0.5) is 5.82 Å². The molecule has 0 aliphatic carbocycles. The van der Waals surface area contributed by atoms with Crippen LogP contribution in [0.3, 0.4) is 0 Å². The average Bonchev–Trinajstić information content (AvgIpc) is 3.18. The van der Waals surface area contributed by atoms with E-state index in [0.29, 0.717) is 5.82 Å².